The molecule has 59 valence electrons. The van der Waals surface area contributed by atoms with Crippen molar-refractivity contribution in [1.29, 1.82) is 0 Å². The molecule has 1 aromatic rings. The Morgan fingerprint density at radius 1 is 1.45 bits per heavy atom. The quantitative estimate of drug-likeness (QED) is 0.747. The van der Waals surface area contributed by atoms with Crippen LogP contribution >= 0.6 is 15.9 Å². The Balaban J connectivity index is 2.66. The van der Waals surface area contributed by atoms with Gasteiger partial charge in [0.25, 0.3) is 0 Å². The Morgan fingerprint density at radius 3 is 2.64 bits per heavy atom. The van der Waals surface area contributed by atoms with Gasteiger partial charge in [-0.25, -0.2) is 0 Å². The third kappa shape index (κ3) is 2.84. The van der Waals surface area contributed by atoms with E-state index in [0.29, 0.717) is 0 Å². The molecular formula is C7H4BrF2O. The van der Waals surface area contributed by atoms with Crippen LogP contribution in [0.2, 0.25) is 0 Å². The average Bonchev–Trinajstić information content (AvgIpc) is 1.93. The maximum atomic E-state index is 11.6. The van der Waals surface area contributed by atoms with E-state index >= 15 is 0 Å². The van der Waals surface area contributed by atoms with Crippen molar-refractivity contribution >= 4 is 15.9 Å². The van der Waals surface area contributed by atoms with E-state index in [2.05, 4.69) is 26.7 Å². The summed E-state index contributed by atoms with van der Waals surface area (Å²) in [7, 11) is 0. The van der Waals surface area contributed by atoms with Crippen molar-refractivity contribution < 1.29 is 13.5 Å². The predicted octanol–water partition coefficient (Wildman–Crippen LogP) is 2.85. The lowest BCUT2D eigenvalue weighted by Gasteiger charge is -2.02. The second-order valence-corrected chi connectivity index (χ2v) is 2.67. The Bertz CT molecular complexity index is 222. The van der Waals surface area contributed by atoms with Crippen LogP contribution in [0.3, 0.4) is 0 Å². The topological polar surface area (TPSA) is 9.23 Å². The molecular weight excluding hydrogens is 218 g/mol. The molecule has 0 saturated heterocycles. The molecule has 1 radical (unpaired) electrons. The first-order valence-electron chi connectivity index (χ1n) is 2.80. The van der Waals surface area contributed by atoms with E-state index in [0.717, 1.165) is 4.47 Å². The molecule has 1 aromatic carbocycles. The summed E-state index contributed by atoms with van der Waals surface area (Å²) in [4.78, 5) is 0. The van der Waals surface area contributed by atoms with E-state index < -0.39 is 6.61 Å². The van der Waals surface area contributed by atoms with Gasteiger partial charge in [-0.15, -0.1) is 0 Å². The van der Waals surface area contributed by atoms with E-state index in [-0.39, 0.29) is 5.75 Å². The summed E-state index contributed by atoms with van der Waals surface area (Å²) < 4.78 is 28.0. The molecule has 1 nitrogen and oxygen atoms in total. The minimum atomic E-state index is -2.78. The van der Waals surface area contributed by atoms with Gasteiger partial charge in [0.2, 0.25) is 0 Å². The van der Waals surface area contributed by atoms with Crippen molar-refractivity contribution in [2.45, 2.75) is 6.61 Å². The Kier molecular flexibility index (Phi) is 2.82. The highest BCUT2D eigenvalue weighted by Gasteiger charge is 2.02. The van der Waals surface area contributed by atoms with E-state index in [1.807, 2.05) is 0 Å². The van der Waals surface area contributed by atoms with Crippen LogP contribution in [-0.2, 0) is 0 Å². The van der Waals surface area contributed by atoms with Gasteiger partial charge in [0.1, 0.15) is 5.75 Å². The SMILES string of the molecule is FC(F)Oc1[c]cc(Br)cc1. The van der Waals surface area contributed by atoms with E-state index in [9.17, 15) is 8.78 Å². The number of hydrogen-bond donors (Lipinski definition) is 0. The number of hydrogen-bond acceptors (Lipinski definition) is 1. The van der Waals surface area contributed by atoms with E-state index in [1.54, 1.807) is 6.07 Å². The molecule has 0 N–H and O–H groups in total. The molecule has 1 rings (SSSR count). The Labute approximate surface area is 71.1 Å². The van der Waals surface area contributed by atoms with Gasteiger partial charge in [-0.05, 0) is 18.2 Å². The van der Waals surface area contributed by atoms with Gasteiger partial charge in [0.15, 0.2) is 0 Å². The number of ether oxygens (including phenoxy) is 1. The van der Waals surface area contributed by atoms with Crippen LogP contribution in [0.15, 0.2) is 22.7 Å². The first-order chi connectivity index (χ1) is 5.18. The summed E-state index contributed by atoms with van der Waals surface area (Å²) in [5.41, 5.74) is 0. The predicted molar refractivity (Wildman–Crippen MR) is 39.6 cm³/mol. The van der Waals surface area contributed by atoms with Gasteiger partial charge < -0.3 is 4.74 Å². The third-order valence-electron chi connectivity index (χ3n) is 0.962. The zero-order valence-corrected chi connectivity index (χ0v) is 6.94. The highest BCUT2D eigenvalue weighted by Crippen LogP contribution is 2.16. The first kappa shape index (κ1) is 8.46. The Hall–Kier alpha value is -0.640. The van der Waals surface area contributed by atoms with Crippen molar-refractivity contribution in [3.8, 4) is 5.75 Å². The summed E-state index contributed by atoms with van der Waals surface area (Å²) in [6.07, 6.45) is 0. The molecule has 0 atom stereocenters. The van der Waals surface area contributed by atoms with Crippen molar-refractivity contribution in [2.24, 2.45) is 0 Å². The van der Waals surface area contributed by atoms with Crippen LogP contribution in [-0.4, -0.2) is 6.61 Å². The molecule has 0 aromatic heterocycles. The minimum Gasteiger partial charge on any atom is -0.434 e. The zero-order valence-electron chi connectivity index (χ0n) is 5.35. The summed E-state index contributed by atoms with van der Waals surface area (Å²) in [5.74, 6) is 0.0446. The second kappa shape index (κ2) is 3.67. The lowest BCUT2D eigenvalue weighted by molar-refractivity contribution is -0.0500. The normalized spacial score (nSPS) is 10.2. The van der Waals surface area contributed by atoms with Gasteiger partial charge >= 0.3 is 6.61 Å². The third-order valence-corrected chi connectivity index (χ3v) is 1.46. The lowest BCUT2D eigenvalue weighted by Crippen LogP contribution is -2.01. The lowest BCUT2D eigenvalue weighted by atomic mass is 10.3. The summed E-state index contributed by atoms with van der Waals surface area (Å²) in [5, 5.41) is 0. The summed E-state index contributed by atoms with van der Waals surface area (Å²) >= 11 is 3.14. The molecule has 0 aliphatic heterocycles. The van der Waals surface area contributed by atoms with Crippen LogP contribution in [0.1, 0.15) is 0 Å². The maximum Gasteiger partial charge on any atom is 0.387 e. The van der Waals surface area contributed by atoms with Gasteiger partial charge in [-0.3, -0.25) is 0 Å². The largest absolute Gasteiger partial charge is 0.434 e. The molecule has 0 fully saturated rings. The molecule has 0 aliphatic carbocycles. The first-order valence-corrected chi connectivity index (χ1v) is 3.60. The highest BCUT2D eigenvalue weighted by atomic mass is 79.9. The molecule has 0 bridgehead atoms. The molecule has 0 amide bonds. The van der Waals surface area contributed by atoms with Crippen molar-refractivity contribution in [3.05, 3.63) is 28.7 Å². The van der Waals surface area contributed by atoms with Crippen molar-refractivity contribution in [2.75, 3.05) is 0 Å². The fourth-order valence-corrected chi connectivity index (χ4v) is 0.808. The molecule has 0 saturated carbocycles. The molecule has 4 heteroatoms. The number of rotatable bonds is 2. The standard InChI is InChI=1S/C7H4BrF2O/c8-5-1-3-6(4-2-5)11-7(9)10/h1-3,7H. The smallest absolute Gasteiger partial charge is 0.387 e. The average molecular weight is 222 g/mol. The number of halogens is 3. The molecule has 0 unspecified atom stereocenters. The van der Waals surface area contributed by atoms with E-state index in [4.69, 9.17) is 0 Å². The van der Waals surface area contributed by atoms with Crippen LogP contribution < -0.4 is 4.74 Å². The molecule has 11 heavy (non-hydrogen) atoms. The summed E-state index contributed by atoms with van der Waals surface area (Å²) in [6.45, 7) is -2.78. The number of benzene rings is 1. The fraction of sp³-hybridized carbons (Fsp3) is 0.143. The van der Waals surface area contributed by atoms with Gasteiger partial charge in [0.05, 0.1) is 0 Å². The van der Waals surface area contributed by atoms with Crippen molar-refractivity contribution in [1.82, 2.24) is 0 Å². The maximum absolute atomic E-state index is 11.6. The van der Waals surface area contributed by atoms with Crippen LogP contribution in [0.5, 0.6) is 5.75 Å². The molecule has 0 heterocycles. The molecule has 0 aliphatic rings. The van der Waals surface area contributed by atoms with Gasteiger partial charge in [-0.2, -0.15) is 8.78 Å². The Morgan fingerprint density at radius 2 is 2.18 bits per heavy atom. The molecule has 0 spiro atoms. The minimum absolute atomic E-state index is 0.0446. The second-order valence-electron chi connectivity index (χ2n) is 1.75. The van der Waals surface area contributed by atoms with Crippen LogP contribution in [0, 0.1) is 6.07 Å². The zero-order chi connectivity index (χ0) is 8.27. The van der Waals surface area contributed by atoms with E-state index in [1.165, 1.54) is 12.1 Å². The fourth-order valence-electron chi connectivity index (χ4n) is 0.561. The highest BCUT2D eigenvalue weighted by molar-refractivity contribution is 9.10. The van der Waals surface area contributed by atoms with Crippen molar-refractivity contribution in [3.63, 3.8) is 0 Å². The summed E-state index contributed by atoms with van der Waals surface area (Å²) in [6, 6.07) is 7.05. The van der Waals surface area contributed by atoms with Gasteiger partial charge in [-0.1, -0.05) is 15.9 Å². The van der Waals surface area contributed by atoms with Gasteiger partial charge in [0, 0.05) is 10.5 Å². The van der Waals surface area contributed by atoms with Crippen LogP contribution in [0.25, 0.3) is 0 Å². The monoisotopic (exact) mass is 221 g/mol. The number of alkyl halides is 2. The van der Waals surface area contributed by atoms with Crippen LogP contribution in [0.4, 0.5) is 8.78 Å².